The number of hydrogen-bond acceptors (Lipinski definition) is 6. The van der Waals surface area contributed by atoms with Crippen LogP contribution < -0.4 is 0 Å². The second-order valence-electron chi connectivity index (χ2n) is 22.0. The van der Waals surface area contributed by atoms with Crippen molar-refractivity contribution >= 4 is 17.9 Å². The Morgan fingerprint density at radius 3 is 0.770 bits per heavy atom. The molecule has 0 aliphatic carbocycles. The van der Waals surface area contributed by atoms with Crippen molar-refractivity contribution < 1.29 is 28.6 Å². The fraction of sp³-hybridized carbons (Fsp3) is 0.838. The molecule has 0 aromatic heterocycles. The third-order valence-corrected chi connectivity index (χ3v) is 14.6. The molecule has 0 fully saturated rings. The van der Waals surface area contributed by atoms with Crippen molar-refractivity contribution in [1.82, 2.24) is 0 Å². The van der Waals surface area contributed by atoms with E-state index in [9.17, 15) is 14.4 Å². The van der Waals surface area contributed by atoms with Gasteiger partial charge in [0.15, 0.2) is 6.10 Å². The number of hydrogen-bond donors (Lipinski definition) is 0. The second-order valence-corrected chi connectivity index (χ2v) is 22.0. The highest BCUT2D eigenvalue weighted by atomic mass is 16.6. The zero-order chi connectivity index (χ0) is 53.6. The van der Waals surface area contributed by atoms with Crippen molar-refractivity contribution in [2.24, 2.45) is 0 Å². The minimum Gasteiger partial charge on any atom is -0.462 e. The van der Waals surface area contributed by atoms with Crippen LogP contribution >= 0.6 is 0 Å². The Bertz CT molecular complexity index is 1280. The highest BCUT2D eigenvalue weighted by molar-refractivity contribution is 5.71. The number of allylic oxidation sites excluding steroid dienone is 8. The molecule has 0 bridgehead atoms. The van der Waals surface area contributed by atoms with E-state index in [1.165, 1.54) is 225 Å². The molecule has 0 saturated carbocycles. The maximum Gasteiger partial charge on any atom is 0.306 e. The van der Waals surface area contributed by atoms with Crippen LogP contribution in [-0.4, -0.2) is 37.2 Å². The summed E-state index contributed by atoms with van der Waals surface area (Å²) < 4.78 is 16.9. The Balaban J connectivity index is 4.36. The molecule has 0 aliphatic rings. The first kappa shape index (κ1) is 71.4. The van der Waals surface area contributed by atoms with Crippen LogP contribution in [0.1, 0.15) is 348 Å². The molecule has 0 aliphatic heterocycles. The van der Waals surface area contributed by atoms with E-state index in [1.807, 2.05) is 0 Å². The Morgan fingerprint density at radius 1 is 0.270 bits per heavy atom. The zero-order valence-electron chi connectivity index (χ0n) is 49.6. The molecule has 0 radical (unpaired) electrons. The lowest BCUT2D eigenvalue weighted by atomic mass is 10.0. The number of carbonyl (C=O) groups is 3. The van der Waals surface area contributed by atoms with E-state index in [0.717, 1.165) is 83.5 Å². The van der Waals surface area contributed by atoms with Crippen LogP contribution in [0.5, 0.6) is 0 Å². The largest absolute Gasteiger partial charge is 0.462 e. The highest BCUT2D eigenvalue weighted by Gasteiger charge is 2.19. The van der Waals surface area contributed by atoms with Crippen LogP contribution in [-0.2, 0) is 28.6 Å². The van der Waals surface area contributed by atoms with E-state index >= 15 is 0 Å². The van der Waals surface area contributed by atoms with Crippen LogP contribution in [0.2, 0.25) is 0 Å². The van der Waals surface area contributed by atoms with Gasteiger partial charge in [-0.15, -0.1) is 0 Å². The number of esters is 3. The molecule has 0 saturated heterocycles. The smallest absolute Gasteiger partial charge is 0.306 e. The van der Waals surface area contributed by atoms with Gasteiger partial charge in [-0.2, -0.15) is 0 Å². The van der Waals surface area contributed by atoms with Gasteiger partial charge in [0.2, 0.25) is 0 Å². The summed E-state index contributed by atoms with van der Waals surface area (Å²) in [5.41, 5.74) is 0. The minimum absolute atomic E-state index is 0.0783. The van der Waals surface area contributed by atoms with Gasteiger partial charge in [-0.25, -0.2) is 0 Å². The predicted molar refractivity (Wildman–Crippen MR) is 321 cm³/mol. The first-order valence-electron chi connectivity index (χ1n) is 32.6. The first-order valence-corrected chi connectivity index (χ1v) is 32.6. The SMILES string of the molecule is CCCCCCC/C=C\C/C=C\C/C=C\CCCCCCCCC(=O)OCC(COC(=O)CCCCCCC/C=C\CCCCCCCC)OC(=O)CCCCCCCCCCCCCCCCCCCCCC. The van der Waals surface area contributed by atoms with Gasteiger partial charge in [0, 0.05) is 19.3 Å². The summed E-state index contributed by atoms with van der Waals surface area (Å²) >= 11 is 0. The van der Waals surface area contributed by atoms with Crippen molar-refractivity contribution in [1.29, 1.82) is 0 Å². The minimum atomic E-state index is -0.781. The fourth-order valence-electron chi connectivity index (χ4n) is 9.62. The normalized spacial score (nSPS) is 12.3. The standard InChI is InChI=1S/C68H124O6/c1-4-7-10-13-16-19-22-25-28-30-32-34-36-37-40-43-46-49-52-55-58-61-67(70)73-64-65(63-72-66(69)60-57-54-51-48-45-42-39-27-24-21-18-15-12-9-6-3)74-68(71)62-59-56-53-50-47-44-41-38-35-33-31-29-26-23-20-17-14-11-8-5-2/h22,25,27,30,32,36-37,39,65H,4-21,23-24,26,28-29,31,33-35,38,40-64H2,1-3H3/b25-22-,32-30-,37-36-,39-27-. The summed E-state index contributed by atoms with van der Waals surface area (Å²) in [6, 6.07) is 0. The van der Waals surface area contributed by atoms with E-state index < -0.39 is 6.10 Å². The average Bonchev–Trinajstić information content (AvgIpc) is 3.40. The summed E-state index contributed by atoms with van der Waals surface area (Å²) in [6.45, 7) is 6.66. The van der Waals surface area contributed by atoms with E-state index in [0.29, 0.717) is 19.3 Å². The maximum atomic E-state index is 12.9. The van der Waals surface area contributed by atoms with Crippen molar-refractivity contribution in [2.45, 2.75) is 354 Å². The first-order chi connectivity index (χ1) is 36.5. The van der Waals surface area contributed by atoms with E-state index in [1.54, 1.807) is 0 Å². The molecule has 0 spiro atoms. The summed E-state index contributed by atoms with van der Waals surface area (Å²) in [7, 11) is 0. The molecule has 1 unspecified atom stereocenters. The molecular formula is C68H124O6. The van der Waals surface area contributed by atoms with Crippen molar-refractivity contribution in [3.63, 3.8) is 0 Å². The Labute approximate surface area is 460 Å². The predicted octanol–water partition coefficient (Wildman–Crippen LogP) is 22.2. The molecular weight excluding hydrogens is 913 g/mol. The lowest BCUT2D eigenvalue weighted by molar-refractivity contribution is -0.167. The molecule has 6 heteroatoms. The molecule has 0 amide bonds. The quantitative estimate of drug-likeness (QED) is 0.0261. The Hall–Kier alpha value is -2.63. The number of unbranched alkanes of at least 4 members (excludes halogenated alkanes) is 41. The maximum absolute atomic E-state index is 12.9. The Morgan fingerprint density at radius 2 is 0.486 bits per heavy atom. The van der Waals surface area contributed by atoms with E-state index in [-0.39, 0.29) is 31.1 Å². The molecule has 0 aromatic rings. The third kappa shape index (κ3) is 60.2. The van der Waals surface area contributed by atoms with Gasteiger partial charge in [0.25, 0.3) is 0 Å². The second kappa shape index (κ2) is 62.9. The molecule has 6 nitrogen and oxygen atoms in total. The van der Waals surface area contributed by atoms with Crippen molar-refractivity contribution in [3.8, 4) is 0 Å². The lowest BCUT2D eigenvalue weighted by Gasteiger charge is -2.18. The molecule has 0 N–H and O–H groups in total. The van der Waals surface area contributed by atoms with Gasteiger partial charge in [-0.3, -0.25) is 14.4 Å². The molecule has 74 heavy (non-hydrogen) atoms. The molecule has 0 aromatic carbocycles. The summed E-state index contributed by atoms with van der Waals surface area (Å²) in [5, 5.41) is 0. The lowest BCUT2D eigenvalue weighted by Crippen LogP contribution is -2.30. The van der Waals surface area contributed by atoms with Gasteiger partial charge in [-0.1, -0.05) is 294 Å². The van der Waals surface area contributed by atoms with Gasteiger partial charge >= 0.3 is 17.9 Å². The van der Waals surface area contributed by atoms with Crippen LogP contribution in [0.15, 0.2) is 48.6 Å². The monoisotopic (exact) mass is 1040 g/mol. The van der Waals surface area contributed by atoms with Crippen molar-refractivity contribution in [2.75, 3.05) is 13.2 Å². The van der Waals surface area contributed by atoms with Crippen LogP contribution in [0.3, 0.4) is 0 Å². The van der Waals surface area contributed by atoms with Gasteiger partial charge in [0.1, 0.15) is 13.2 Å². The van der Waals surface area contributed by atoms with Gasteiger partial charge < -0.3 is 14.2 Å². The van der Waals surface area contributed by atoms with Crippen LogP contribution in [0, 0.1) is 0 Å². The molecule has 432 valence electrons. The molecule has 0 heterocycles. The zero-order valence-corrected chi connectivity index (χ0v) is 49.6. The average molecular weight is 1040 g/mol. The Kier molecular flexibility index (Phi) is 60.7. The third-order valence-electron chi connectivity index (χ3n) is 14.6. The van der Waals surface area contributed by atoms with Crippen LogP contribution in [0.4, 0.5) is 0 Å². The topological polar surface area (TPSA) is 78.9 Å². The van der Waals surface area contributed by atoms with Crippen LogP contribution in [0.25, 0.3) is 0 Å². The number of carbonyl (C=O) groups excluding carboxylic acids is 3. The summed E-state index contributed by atoms with van der Waals surface area (Å²) in [5.74, 6) is -0.876. The summed E-state index contributed by atoms with van der Waals surface area (Å²) in [6.07, 6.45) is 78.3. The van der Waals surface area contributed by atoms with Crippen molar-refractivity contribution in [3.05, 3.63) is 48.6 Å². The highest BCUT2D eigenvalue weighted by Crippen LogP contribution is 2.17. The summed E-state index contributed by atoms with van der Waals surface area (Å²) in [4.78, 5) is 38.3. The molecule has 0 rings (SSSR count). The number of ether oxygens (including phenoxy) is 3. The molecule has 1 atom stereocenters. The van der Waals surface area contributed by atoms with E-state index in [2.05, 4.69) is 69.4 Å². The van der Waals surface area contributed by atoms with Gasteiger partial charge in [-0.05, 0) is 83.5 Å². The van der Waals surface area contributed by atoms with E-state index in [4.69, 9.17) is 14.2 Å². The fourth-order valence-corrected chi connectivity index (χ4v) is 9.62. The van der Waals surface area contributed by atoms with Gasteiger partial charge in [0.05, 0.1) is 0 Å². The number of rotatable bonds is 60.